The molecule has 1 aromatic heterocycles. The summed E-state index contributed by atoms with van der Waals surface area (Å²) in [6.07, 6.45) is 1.52. The molecule has 31 heavy (non-hydrogen) atoms. The molecule has 4 rings (SSSR count). The van der Waals surface area contributed by atoms with Crippen molar-refractivity contribution in [3.05, 3.63) is 46.7 Å². The second-order valence-electron chi connectivity index (χ2n) is 7.90. The predicted octanol–water partition coefficient (Wildman–Crippen LogP) is 1.97. The first-order valence-electron chi connectivity index (χ1n) is 10.3. The van der Waals surface area contributed by atoms with Gasteiger partial charge in [0.1, 0.15) is 10.6 Å². The van der Waals surface area contributed by atoms with Crippen molar-refractivity contribution in [1.29, 1.82) is 0 Å². The number of rotatable bonds is 4. The van der Waals surface area contributed by atoms with Crippen LogP contribution in [0.3, 0.4) is 0 Å². The van der Waals surface area contributed by atoms with Crippen LogP contribution in [0.25, 0.3) is 0 Å². The highest BCUT2D eigenvalue weighted by Gasteiger charge is 2.30. The van der Waals surface area contributed by atoms with Gasteiger partial charge >= 0.3 is 0 Å². The molecule has 2 fully saturated rings. The lowest BCUT2D eigenvalue weighted by atomic mass is 10.1. The van der Waals surface area contributed by atoms with E-state index in [1.807, 2.05) is 25.1 Å². The second-order valence-corrected chi connectivity index (χ2v) is 10.3. The predicted molar refractivity (Wildman–Crippen MR) is 119 cm³/mol. The third kappa shape index (κ3) is 4.45. The summed E-state index contributed by atoms with van der Waals surface area (Å²) in [5, 5.41) is 0.692. The average molecular weight is 467 g/mol. The number of anilines is 1. The highest BCUT2D eigenvalue weighted by Crippen LogP contribution is 2.26. The molecule has 0 bridgehead atoms. The molecular weight excluding hydrogens is 440 g/mol. The standard InChI is InChI=1S/C21H27ClN4O4S/c1-16-3-4-17(22)13-19(16)24-5-7-25(8-6-24)21(27)20-14-18(15-23(20)2)31(28,29)26-9-11-30-12-10-26/h3-4,13-15H,5-12H2,1-2H3. The molecule has 0 saturated carbocycles. The summed E-state index contributed by atoms with van der Waals surface area (Å²) >= 11 is 6.15. The molecule has 2 saturated heterocycles. The Morgan fingerprint density at radius 3 is 2.39 bits per heavy atom. The van der Waals surface area contributed by atoms with Crippen LogP contribution in [0.5, 0.6) is 0 Å². The average Bonchev–Trinajstić information content (AvgIpc) is 3.18. The normalized spacial score (nSPS) is 18.4. The van der Waals surface area contributed by atoms with E-state index in [0.29, 0.717) is 63.2 Å². The number of halogens is 1. The summed E-state index contributed by atoms with van der Waals surface area (Å²) in [6.45, 7) is 5.96. The van der Waals surface area contributed by atoms with Gasteiger partial charge in [-0.05, 0) is 30.7 Å². The van der Waals surface area contributed by atoms with Gasteiger partial charge in [0.2, 0.25) is 10.0 Å². The molecule has 2 aliphatic heterocycles. The first-order chi connectivity index (χ1) is 14.8. The molecular formula is C21H27ClN4O4S. The number of carbonyl (C=O) groups is 1. The van der Waals surface area contributed by atoms with Crippen molar-refractivity contribution in [1.82, 2.24) is 13.8 Å². The molecule has 0 aliphatic carbocycles. The van der Waals surface area contributed by atoms with Gasteiger partial charge in [-0.25, -0.2) is 8.42 Å². The van der Waals surface area contributed by atoms with Gasteiger partial charge in [-0.2, -0.15) is 4.31 Å². The van der Waals surface area contributed by atoms with Crippen LogP contribution in [-0.2, 0) is 21.8 Å². The van der Waals surface area contributed by atoms with Crippen molar-refractivity contribution in [2.45, 2.75) is 11.8 Å². The van der Waals surface area contributed by atoms with Crippen LogP contribution >= 0.6 is 11.6 Å². The Kier molecular flexibility index (Phi) is 6.30. The van der Waals surface area contributed by atoms with Crippen LogP contribution in [0.1, 0.15) is 16.1 Å². The van der Waals surface area contributed by atoms with E-state index in [4.69, 9.17) is 16.3 Å². The van der Waals surface area contributed by atoms with Crippen molar-refractivity contribution < 1.29 is 17.9 Å². The number of morpholine rings is 1. The first-order valence-corrected chi connectivity index (χ1v) is 12.1. The van der Waals surface area contributed by atoms with Crippen LogP contribution in [0, 0.1) is 6.92 Å². The Morgan fingerprint density at radius 1 is 1.03 bits per heavy atom. The number of nitrogens with zero attached hydrogens (tertiary/aromatic N) is 4. The summed E-state index contributed by atoms with van der Waals surface area (Å²) in [7, 11) is -1.94. The minimum absolute atomic E-state index is 0.147. The first kappa shape index (κ1) is 22.1. The summed E-state index contributed by atoms with van der Waals surface area (Å²) in [4.78, 5) is 17.3. The maximum absolute atomic E-state index is 13.1. The molecule has 2 aliphatic rings. The van der Waals surface area contributed by atoms with Gasteiger partial charge in [-0.1, -0.05) is 17.7 Å². The van der Waals surface area contributed by atoms with E-state index in [1.165, 1.54) is 16.6 Å². The monoisotopic (exact) mass is 466 g/mol. The lowest BCUT2D eigenvalue weighted by Gasteiger charge is -2.37. The van der Waals surface area contributed by atoms with Crippen molar-refractivity contribution in [3.8, 4) is 0 Å². The van der Waals surface area contributed by atoms with Crippen LogP contribution < -0.4 is 4.90 Å². The number of piperazine rings is 1. The second kappa shape index (κ2) is 8.82. The number of aryl methyl sites for hydroxylation is 2. The maximum Gasteiger partial charge on any atom is 0.270 e. The molecule has 1 aromatic carbocycles. The van der Waals surface area contributed by atoms with E-state index in [-0.39, 0.29) is 10.8 Å². The zero-order chi connectivity index (χ0) is 22.2. The van der Waals surface area contributed by atoms with Crippen LogP contribution in [-0.4, -0.2) is 80.6 Å². The van der Waals surface area contributed by atoms with E-state index in [9.17, 15) is 13.2 Å². The molecule has 10 heteroatoms. The van der Waals surface area contributed by atoms with E-state index >= 15 is 0 Å². The fourth-order valence-electron chi connectivity index (χ4n) is 4.06. The Labute approximate surface area is 188 Å². The van der Waals surface area contributed by atoms with Crippen molar-refractivity contribution >= 4 is 33.2 Å². The van der Waals surface area contributed by atoms with Crippen LogP contribution in [0.15, 0.2) is 35.4 Å². The maximum atomic E-state index is 13.1. The Bertz CT molecular complexity index is 1070. The molecule has 0 radical (unpaired) electrons. The van der Waals surface area contributed by atoms with Crippen LogP contribution in [0.4, 0.5) is 5.69 Å². The van der Waals surface area contributed by atoms with Gasteiger partial charge in [0.25, 0.3) is 5.91 Å². The Hall–Kier alpha value is -2.07. The summed E-state index contributed by atoms with van der Waals surface area (Å²) in [5.74, 6) is -0.159. The van der Waals surface area contributed by atoms with Crippen molar-refractivity contribution in [2.75, 3.05) is 57.4 Å². The molecule has 3 heterocycles. The summed E-state index contributed by atoms with van der Waals surface area (Å²) in [5.41, 5.74) is 2.60. The molecule has 2 aromatic rings. The Balaban J connectivity index is 1.46. The minimum Gasteiger partial charge on any atom is -0.379 e. The fraction of sp³-hybridized carbons (Fsp3) is 0.476. The lowest BCUT2D eigenvalue weighted by Crippen LogP contribution is -2.49. The number of benzene rings is 1. The number of carbonyl (C=O) groups excluding carboxylic acids is 1. The van der Waals surface area contributed by atoms with Gasteiger partial charge in [0, 0.05) is 63.2 Å². The number of sulfonamides is 1. The molecule has 1 amide bonds. The highest BCUT2D eigenvalue weighted by atomic mass is 35.5. The van der Waals surface area contributed by atoms with E-state index in [2.05, 4.69) is 4.90 Å². The molecule has 168 valence electrons. The fourth-order valence-corrected chi connectivity index (χ4v) is 5.71. The minimum atomic E-state index is -3.64. The third-order valence-electron chi connectivity index (χ3n) is 5.89. The van der Waals surface area contributed by atoms with Crippen molar-refractivity contribution in [3.63, 3.8) is 0 Å². The molecule has 0 atom stereocenters. The van der Waals surface area contributed by atoms with Gasteiger partial charge in [-0.15, -0.1) is 0 Å². The van der Waals surface area contributed by atoms with E-state index in [0.717, 1.165) is 11.3 Å². The van der Waals surface area contributed by atoms with Gasteiger partial charge in [-0.3, -0.25) is 4.79 Å². The molecule has 0 N–H and O–H groups in total. The molecule has 0 spiro atoms. The van der Waals surface area contributed by atoms with E-state index in [1.54, 1.807) is 16.5 Å². The topological polar surface area (TPSA) is 75.1 Å². The smallest absolute Gasteiger partial charge is 0.270 e. The van der Waals surface area contributed by atoms with Crippen molar-refractivity contribution in [2.24, 2.45) is 7.05 Å². The zero-order valence-electron chi connectivity index (χ0n) is 17.8. The number of hydrogen-bond acceptors (Lipinski definition) is 5. The number of hydrogen-bond donors (Lipinski definition) is 0. The van der Waals surface area contributed by atoms with Crippen LogP contribution in [0.2, 0.25) is 5.02 Å². The highest BCUT2D eigenvalue weighted by molar-refractivity contribution is 7.89. The number of amides is 1. The number of aromatic nitrogens is 1. The molecule has 0 unspecified atom stereocenters. The van der Waals surface area contributed by atoms with Gasteiger partial charge in [0.05, 0.1) is 13.2 Å². The van der Waals surface area contributed by atoms with Gasteiger partial charge in [0.15, 0.2) is 0 Å². The Morgan fingerprint density at radius 2 is 1.71 bits per heavy atom. The summed E-state index contributed by atoms with van der Waals surface area (Å²) < 4.78 is 34.1. The largest absolute Gasteiger partial charge is 0.379 e. The SMILES string of the molecule is Cc1ccc(Cl)cc1N1CCN(C(=O)c2cc(S(=O)(=O)N3CCOCC3)cn2C)CC1. The molecule has 8 nitrogen and oxygen atoms in total. The quantitative estimate of drug-likeness (QED) is 0.688. The summed E-state index contributed by atoms with van der Waals surface area (Å²) in [6, 6.07) is 7.31. The number of ether oxygens (including phenoxy) is 1. The van der Waals surface area contributed by atoms with E-state index < -0.39 is 10.0 Å². The zero-order valence-corrected chi connectivity index (χ0v) is 19.3. The lowest BCUT2D eigenvalue weighted by molar-refractivity contribution is 0.0729. The van der Waals surface area contributed by atoms with Gasteiger partial charge < -0.3 is 19.1 Å². The third-order valence-corrected chi connectivity index (χ3v) is 7.98.